The summed E-state index contributed by atoms with van der Waals surface area (Å²) in [6, 6.07) is 21.1. The fourth-order valence-electron chi connectivity index (χ4n) is 3.03. The number of carbonyl (C=O) groups excluding carboxylic acids is 1. The number of carbonyl (C=O) groups is 1. The molecule has 0 atom stereocenters. The summed E-state index contributed by atoms with van der Waals surface area (Å²) >= 11 is 9.36. The standard InChI is InChI=1S/C23H16BrClN2O4S/c24-17-7-9-19(10-8-17)32(29,30)22-12-11-20(31-22)23(28)27(21-6-1-2-13-26-21)15-16-4-3-5-18(25)14-16/h1-14H,15H2. The second-order valence-electron chi connectivity index (χ2n) is 6.79. The van der Waals surface area contributed by atoms with Gasteiger partial charge in [0, 0.05) is 15.7 Å². The number of rotatable bonds is 6. The minimum atomic E-state index is -3.91. The van der Waals surface area contributed by atoms with Gasteiger partial charge in [0.05, 0.1) is 11.4 Å². The summed E-state index contributed by atoms with van der Waals surface area (Å²) in [5.74, 6) is -0.250. The Hall–Kier alpha value is -2.94. The molecular weight excluding hydrogens is 516 g/mol. The topological polar surface area (TPSA) is 80.5 Å². The van der Waals surface area contributed by atoms with Crippen LogP contribution in [0.1, 0.15) is 16.1 Å². The van der Waals surface area contributed by atoms with E-state index >= 15 is 0 Å². The highest BCUT2D eigenvalue weighted by molar-refractivity contribution is 9.10. The summed E-state index contributed by atoms with van der Waals surface area (Å²) in [6.45, 7) is 0.173. The van der Waals surface area contributed by atoms with E-state index in [1.54, 1.807) is 54.7 Å². The lowest BCUT2D eigenvalue weighted by Crippen LogP contribution is -2.30. The van der Waals surface area contributed by atoms with Crippen LogP contribution < -0.4 is 4.90 Å². The molecule has 0 N–H and O–H groups in total. The number of hydrogen-bond acceptors (Lipinski definition) is 5. The monoisotopic (exact) mass is 530 g/mol. The molecule has 0 saturated heterocycles. The Morgan fingerprint density at radius 1 is 1.00 bits per heavy atom. The summed E-state index contributed by atoms with van der Waals surface area (Å²) in [7, 11) is -3.91. The lowest BCUT2D eigenvalue weighted by molar-refractivity contribution is 0.0952. The van der Waals surface area contributed by atoms with E-state index in [0.717, 1.165) is 10.0 Å². The van der Waals surface area contributed by atoms with Crippen molar-refractivity contribution in [3.8, 4) is 0 Å². The summed E-state index contributed by atoms with van der Waals surface area (Å²) in [5, 5.41) is 0.226. The fourth-order valence-corrected chi connectivity index (χ4v) is 4.68. The molecule has 2 heterocycles. The first-order valence-corrected chi connectivity index (χ1v) is 12.1. The van der Waals surface area contributed by atoms with Crippen LogP contribution in [0.5, 0.6) is 0 Å². The Bertz CT molecular complexity index is 1360. The average molecular weight is 532 g/mol. The first-order chi connectivity index (χ1) is 15.3. The van der Waals surface area contributed by atoms with Crippen molar-refractivity contribution in [3.63, 3.8) is 0 Å². The Labute approximate surface area is 198 Å². The Morgan fingerprint density at radius 2 is 1.78 bits per heavy atom. The molecule has 0 aliphatic carbocycles. The minimum Gasteiger partial charge on any atom is -0.439 e. The van der Waals surface area contributed by atoms with Crippen LogP contribution in [-0.4, -0.2) is 19.3 Å². The maximum Gasteiger partial charge on any atom is 0.295 e. The third-order valence-electron chi connectivity index (χ3n) is 4.58. The predicted molar refractivity (Wildman–Crippen MR) is 125 cm³/mol. The smallest absolute Gasteiger partial charge is 0.295 e. The molecular formula is C23H16BrClN2O4S. The number of benzene rings is 2. The van der Waals surface area contributed by atoms with E-state index < -0.39 is 15.7 Å². The van der Waals surface area contributed by atoms with Gasteiger partial charge in [-0.2, -0.15) is 0 Å². The van der Waals surface area contributed by atoms with E-state index in [-0.39, 0.29) is 22.3 Å². The normalized spacial score (nSPS) is 11.3. The number of sulfone groups is 1. The fraction of sp³-hybridized carbons (Fsp3) is 0.0435. The van der Waals surface area contributed by atoms with Gasteiger partial charge in [0.2, 0.25) is 14.9 Å². The molecule has 0 fully saturated rings. The predicted octanol–water partition coefficient (Wildman–Crippen LogP) is 5.77. The lowest BCUT2D eigenvalue weighted by atomic mass is 10.2. The SMILES string of the molecule is O=C(c1ccc(S(=O)(=O)c2ccc(Br)cc2)o1)N(Cc1cccc(Cl)c1)c1ccccn1. The molecule has 0 unspecified atom stereocenters. The Morgan fingerprint density at radius 3 is 2.47 bits per heavy atom. The summed E-state index contributed by atoms with van der Waals surface area (Å²) in [5.41, 5.74) is 0.783. The number of aromatic nitrogens is 1. The highest BCUT2D eigenvalue weighted by Crippen LogP contribution is 2.26. The van der Waals surface area contributed by atoms with Crippen LogP contribution in [-0.2, 0) is 16.4 Å². The molecule has 0 spiro atoms. The van der Waals surface area contributed by atoms with Crippen LogP contribution in [0.25, 0.3) is 0 Å². The molecule has 162 valence electrons. The van der Waals surface area contributed by atoms with Crippen LogP contribution in [0, 0.1) is 0 Å². The van der Waals surface area contributed by atoms with Gasteiger partial charge in [-0.05, 0) is 66.2 Å². The summed E-state index contributed by atoms with van der Waals surface area (Å²) < 4.78 is 32.0. The van der Waals surface area contributed by atoms with E-state index in [9.17, 15) is 13.2 Å². The van der Waals surface area contributed by atoms with Crippen molar-refractivity contribution in [1.82, 2.24) is 4.98 Å². The van der Waals surface area contributed by atoms with Crippen molar-refractivity contribution in [2.24, 2.45) is 0 Å². The number of hydrogen-bond donors (Lipinski definition) is 0. The van der Waals surface area contributed by atoms with E-state index in [2.05, 4.69) is 20.9 Å². The van der Waals surface area contributed by atoms with Gasteiger partial charge in [0.25, 0.3) is 5.91 Å². The second-order valence-corrected chi connectivity index (χ2v) is 10.0. The largest absolute Gasteiger partial charge is 0.439 e. The first kappa shape index (κ1) is 22.3. The van der Waals surface area contributed by atoms with Gasteiger partial charge in [0.1, 0.15) is 5.82 Å². The van der Waals surface area contributed by atoms with Crippen molar-refractivity contribution < 1.29 is 17.6 Å². The summed E-state index contributed by atoms with van der Waals surface area (Å²) in [4.78, 5) is 19.0. The number of nitrogens with zero attached hydrogens (tertiary/aromatic N) is 2. The molecule has 6 nitrogen and oxygen atoms in total. The van der Waals surface area contributed by atoms with Crippen LogP contribution in [0.15, 0.2) is 104 Å². The number of furan rings is 1. The highest BCUT2D eigenvalue weighted by Gasteiger charge is 2.27. The van der Waals surface area contributed by atoms with Crippen molar-refractivity contribution in [1.29, 1.82) is 0 Å². The van der Waals surface area contributed by atoms with E-state index in [4.69, 9.17) is 16.0 Å². The van der Waals surface area contributed by atoms with Gasteiger partial charge in [-0.1, -0.05) is 45.7 Å². The highest BCUT2D eigenvalue weighted by atomic mass is 79.9. The molecule has 32 heavy (non-hydrogen) atoms. The van der Waals surface area contributed by atoms with E-state index in [0.29, 0.717) is 10.8 Å². The minimum absolute atomic E-state index is 0.0644. The lowest BCUT2D eigenvalue weighted by Gasteiger charge is -2.21. The molecule has 2 aromatic heterocycles. The molecule has 0 radical (unpaired) electrons. The van der Waals surface area contributed by atoms with Gasteiger partial charge < -0.3 is 4.42 Å². The van der Waals surface area contributed by atoms with Crippen molar-refractivity contribution in [2.45, 2.75) is 16.5 Å². The zero-order valence-corrected chi connectivity index (χ0v) is 19.6. The molecule has 0 aliphatic heterocycles. The van der Waals surface area contributed by atoms with Crippen LogP contribution in [0.3, 0.4) is 0 Å². The first-order valence-electron chi connectivity index (χ1n) is 9.42. The van der Waals surface area contributed by atoms with Crippen molar-refractivity contribution in [3.05, 3.63) is 106 Å². The van der Waals surface area contributed by atoms with Crippen molar-refractivity contribution in [2.75, 3.05) is 4.90 Å². The van der Waals surface area contributed by atoms with Gasteiger partial charge in [-0.15, -0.1) is 0 Å². The summed E-state index contributed by atoms with van der Waals surface area (Å²) in [6.07, 6.45) is 1.57. The molecule has 0 bridgehead atoms. The second kappa shape index (κ2) is 9.28. The maximum atomic E-state index is 13.3. The van der Waals surface area contributed by atoms with Crippen LogP contribution >= 0.6 is 27.5 Å². The van der Waals surface area contributed by atoms with Crippen molar-refractivity contribution >= 4 is 49.1 Å². The third-order valence-corrected chi connectivity index (χ3v) is 6.99. The maximum absolute atomic E-state index is 13.3. The number of halogens is 2. The Kier molecular flexibility index (Phi) is 6.45. The number of pyridine rings is 1. The molecule has 0 aliphatic rings. The molecule has 4 aromatic rings. The molecule has 2 aromatic carbocycles. The van der Waals surface area contributed by atoms with Crippen LogP contribution in [0.4, 0.5) is 5.82 Å². The molecule has 9 heteroatoms. The Balaban J connectivity index is 1.67. The molecule has 0 saturated carbocycles. The quantitative estimate of drug-likeness (QED) is 0.315. The van der Waals surface area contributed by atoms with Crippen LogP contribution in [0.2, 0.25) is 5.02 Å². The van der Waals surface area contributed by atoms with Gasteiger partial charge >= 0.3 is 0 Å². The number of anilines is 1. The molecule has 1 amide bonds. The third kappa shape index (κ3) is 4.77. The van der Waals surface area contributed by atoms with Gasteiger partial charge in [-0.3, -0.25) is 9.69 Å². The average Bonchev–Trinajstić information content (AvgIpc) is 3.29. The van der Waals surface area contributed by atoms with E-state index in [1.165, 1.54) is 29.2 Å². The zero-order valence-electron chi connectivity index (χ0n) is 16.5. The van der Waals surface area contributed by atoms with E-state index in [1.807, 2.05) is 6.07 Å². The zero-order chi connectivity index (χ0) is 22.7. The van der Waals surface area contributed by atoms with Gasteiger partial charge in [0.15, 0.2) is 5.76 Å². The number of amides is 1. The molecule has 4 rings (SSSR count). The van der Waals surface area contributed by atoms with Gasteiger partial charge in [-0.25, -0.2) is 13.4 Å².